The minimum absolute atomic E-state index is 0.213. The lowest BCUT2D eigenvalue weighted by atomic mass is 9.87. The van der Waals surface area contributed by atoms with Crippen LogP contribution in [0.5, 0.6) is 0 Å². The molecule has 0 bridgehead atoms. The van der Waals surface area contributed by atoms with Crippen molar-refractivity contribution in [3.63, 3.8) is 0 Å². The number of nitrogens with zero attached hydrogens (tertiary/aromatic N) is 2. The topological polar surface area (TPSA) is 51.0 Å². The van der Waals surface area contributed by atoms with Gasteiger partial charge in [0.25, 0.3) is 0 Å². The van der Waals surface area contributed by atoms with Crippen molar-refractivity contribution >= 4 is 0 Å². The molecule has 0 spiro atoms. The predicted molar refractivity (Wildman–Crippen MR) is 259 cm³/mol. The molecule has 4 aromatic rings. The number of ether oxygens (including phenoxy) is 2. The fraction of sp³-hybridized carbons (Fsp3) is 0.491. The molecule has 6 aliphatic rings. The zero-order chi connectivity index (χ0) is 43.9. The van der Waals surface area contributed by atoms with Crippen molar-refractivity contribution in [2.45, 2.75) is 131 Å². The zero-order valence-corrected chi connectivity index (χ0v) is 39.4. The summed E-state index contributed by atoms with van der Waals surface area (Å²) in [6.07, 6.45) is 14.5. The van der Waals surface area contributed by atoms with Gasteiger partial charge in [0, 0.05) is 51.1 Å². The van der Waals surface area contributed by atoms with Gasteiger partial charge in [0.2, 0.25) is 0 Å². The molecule has 0 saturated carbocycles. The first-order valence-electron chi connectivity index (χ1n) is 23.7. The Morgan fingerprint density at radius 1 is 0.417 bits per heavy atom. The molecule has 2 fully saturated rings. The predicted octanol–water partition coefficient (Wildman–Crippen LogP) is 12.9. The van der Waals surface area contributed by atoms with Crippen molar-refractivity contribution in [2.75, 3.05) is 46.3 Å². The van der Waals surface area contributed by atoms with E-state index in [1.54, 1.807) is 0 Å². The van der Waals surface area contributed by atoms with Crippen molar-refractivity contribution in [2.24, 2.45) is 5.73 Å². The fourth-order valence-electron chi connectivity index (χ4n) is 9.31. The Bertz CT molecular complexity index is 1580. The molecule has 2 aliphatic carbocycles. The Morgan fingerprint density at radius 2 is 0.683 bits per heavy atom. The van der Waals surface area contributed by atoms with Crippen molar-refractivity contribution in [1.82, 2.24) is 9.80 Å². The van der Waals surface area contributed by atoms with Crippen LogP contribution in [0.3, 0.4) is 0 Å². The van der Waals surface area contributed by atoms with Gasteiger partial charge in [-0.05, 0) is 77.2 Å². The SMILES string of the molecule is C1=CCN(CC2CC3c4ccccc4Cc4ccccc4C3O2)C1.C1=CCN(CC2CC3c4ccccc4Cc4ccccc4C3O2)C1.CC.CC.CC.CC.CC.CN. The van der Waals surface area contributed by atoms with E-state index in [0.717, 1.165) is 65.0 Å². The van der Waals surface area contributed by atoms with Crippen LogP contribution in [0.15, 0.2) is 121 Å². The van der Waals surface area contributed by atoms with E-state index in [9.17, 15) is 0 Å². The van der Waals surface area contributed by atoms with Gasteiger partial charge in [0.15, 0.2) is 0 Å². The smallest absolute Gasteiger partial charge is 0.0901 e. The molecule has 2 N–H and O–H groups in total. The number of rotatable bonds is 4. The average Bonchev–Trinajstić information content (AvgIpc) is 4.17. The largest absolute Gasteiger partial charge is 0.368 e. The van der Waals surface area contributed by atoms with Crippen LogP contribution in [0, 0.1) is 0 Å². The quantitative estimate of drug-likeness (QED) is 0.208. The lowest BCUT2D eigenvalue weighted by Gasteiger charge is -2.21. The van der Waals surface area contributed by atoms with Crippen molar-refractivity contribution < 1.29 is 9.47 Å². The van der Waals surface area contributed by atoms with Gasteiger partial charge in [-0.1, -0.05) is 191 Å². The Kier molecular flexibility index (Phi) is 23.5. The molecule has 4 heterocycles. The van der Waals surface area contributed by atoms with Crippen LogP contribution in [0.1, 0.15) is 151 Å². The Labute approximate surface area is 367 Å². The van der Waals surface area contributed by atoms with E-state index in [0.29, 0.717) is 24.0 Å². The molecule has 5 nitrogen and oxygen atoms in total. The van der Waals surface area contributed by atoms with Gasteiger partial charge in [-0.2, -0.15) is 0 Å². The summed E-state index contributed by atoms with van der Waals surface area (Å²) in [5.74, 6) is 0.982. The van der Waals surface area contributed by atoms with Gasteiger partial charge in [-0.3, -0.25) is 9.80 Å². The summed E-state index contributed by atoms with van der Waals surface area (Å²) in [5.41, 5.74) is 16.1. The molecule has 60 heavy (non-hydrogen) atoms. The second-order valence-corrected chi connectivity index (χ2v) is 14.6. The average molecular weight is 816 g/mol. The van der Waals surface area contributed by atoms with E-state index in [-0.39, 0.29) is 12.2 Å². The summed E-state index contributed by atoms with van der Waals surface area (Å²) in [6, 6.07) is 35.7. The van der Waals surface area contributed by atoms with E-state index >= 15 is 0 Å². The van der Waals surface area contributed by atoms with Crippen molar-refractivity contribution in [3.8, 4) is 0 Å². The number of benzene rings is 4. The Morgan fingerprint density at radius 3 is 1.00 bits per heavy atom. The van der Waals surface area contributed by atoms with Crippen LogP contribution in [-0.4, -0.2) is 68.3 Å². The van der Waals surface area contributed by atoms with Gasteiger partial charge >= 0.3 is 0 Å². The highest BCUT2D eigenvalue weighted by molar-refractivity contribution is 5.46. The molecule has 0 amide bonds. The van der Waals surface area contributed by atoms with E-state index in [1.807, 2.05) is 69.2 Å². The Balaban J connectivity index is 0.000000257. The van der Waals surface area contributed by atoms with Gasteiger partial charge in [0.05, 0.1) is 24.4 Å². The summed E-state index contributed by atoms with van der Waals surface area (Å²) >= 11 is 0. The molecule has 5 heteroatoms. The third-order valence-electron chi connectivity index (χ3n) is 11.5. The molecule has 6 atom stereocenters. The monoisotopic (exact) mass is 816 g/mol. The highest BCUT2D eigenvalue weighted by Gasteiger charge is 2.42. The van der Waals surface area contributed by atoms with Crippen LogP contribution in [0.4, 0.5) is 0 Å². The number of nitrogens with two attached hydrogens (primary N) is 1. The molecule has 4 aliphatic heterocycles. The second kappa shape index (κ2) is 27.9. The lowest BCUT2D eigenvalue weighted by Crippen LogP contribution is -2.30. The molecule has 10 rings (SSSR count). The summed E-state index contributed by atoms with van der Waals surface area (Å²) in [6.45, 7) is 26.4. The third-order valence-corrected chi connectivity index (χ3v) is 11.5. The Hall–Kier alpha value is -3.84. The first kappa shape index (κ1) is 50.5. The molecule has 0 aromatic heterocycles. The maximum absolute atomic E-state index is 6.62. The second-order valence-electron chi connectivity index (χ2n) is 14.6. The highest BCUT2D eigenvalue weighted by atomic mass is 16.5. The summed E-state index contributed by atoms with van der Waals surface area (Å²) in [4.78, 5) is 4.96. The highest BCUT2D eigenvalue weighted by Crippen LogP contribution is 2.50. The van der Waals surface area contributed by atoms with Crippen molar-refractivity contribution in [3.05, 3.63) is 166 Å². The normalized spacial score (nSPS) is 23.2. The van der Waals surface area contributed by atoms with Crippen LogP contribution in [-0.2, 0) is 22.3 Å². The molecular formula is C55H81N3O2. The van der Waals surface area contributed by atoms with E-state index in [1.165, 1.54) is 51.6 Å². The minimum Gasteiger partial charge on any atom is -0.368 e. The lowest BCUT2D eigenvalue weighted by molar-refractivity contribution is 0.0239. The third kappa shape index (κ3) is 12.6. The fourth-order valence-corrected chi connectivity index (χ4v) is 9.31. The van der Waals surface area contributed by atoms with Crippen LogP contribution >= 0.6 is 0 Å². The molecule has 0 radical (unpaired) electrons. The van der Waals surface area contributed by atoms with Gasteiger partial charge in [0.1, 0.15) is 0 Å². The number of hydrogen-bond donors (Lipinski definition) is 1. The van der Waals surface area contributed by atoms with Crippen LogP contribution < -0.4 is 5.73 Å². The van der Waals surface area contributed by atoms with Gasteiger partial charge < -0.3 is 15.2 Å². The van der Waals surface area contributed by atoms with Crippen molar-refractivity contribution in [1.29, 1.82) is 0 Å². The summed E-state index contributed by atoms with van der Waals surface area (Å²) < 4.78 is 13.2. The first-order valence-corrected chi connectivity index (χ1v) is 23.7. The maximum atomic E-state index is 6.62. The summed E-state index contributed by atoms with van der Waals surface area (Å²) in [5, 5.41) is 0. The number of fused-ring (bicyclic) bond motifs is 10. The molecule has 4 aromatic carbocycles. The molecule has 6 unspecified atom stereocenters. The maximum Gasteiger partial charge on any atom is 0.0901 e. The van der Waals surface area contributed by atoms with Gasteiger partial charge in [-0.25, -0.2) is 0 Å². The minimum atomic E-state index is 0.213. The zero-order valence-electron chi connectivity index (χ0n) is 39.4. The first-order chi connectivity index (χ1) is 29.8. The van der Waals surface area contributed by atoms with E-state index < -0.39 is 0 Å². The van der Waals surface area contributed by atoms with Crippen LogP contribution in [0.2, 0.25) is 0 Å². The standard InChI is InChI=1S/2C22H23NO.5C2H6.CH5N/c2*1-3-9-19-16(7-1)13-17-8-2-4-10-20(17)22-21(19)14-18(24-22)15-23-11-5-6-12-23;6*1-2/h2*1-10,18,21-22H,11-15H2;5*1-2H3;2H2,1H3. The molecule has 2 saturated heterocycles. The van der Waals surface area contributed by atoms with E-state index in [4.69, 9.17) is 9.47 Å². The van der Waals surface area contributed by atoms with Crippen LogP contribution in [0.25, 0.3) is 0 Å². The molecule has 328 valence electrons. The molecular weight excluding hydrogens is 735 g/mol. The van der Waals surface area contributed by atoms with E-state index in [2.05, 4.69) is 137 Å². The number of hydrogen-bond acceptors (Lipinski definition) is 5. The van der Waals surface area contributed by atoms with Gasteiger partial charge in [-0.15, -0.1) is 0 Å². The summed E-state index contributed by atoms with van der Waals surface area (Å²) in [7, 11) is 1.50.